The molecule has 5 heteroatoms. The maximum absolute atomic E-state index is 11.0. The van der Waals surface area contributed by atoms with Crippen LogP contribution in [0, 0.1) is 0 Å². The van der Waals surface area contributed by atoms with E-state index in [1.54, 1.807) is 18.2 Å². The number of thiophene rings is 1. The van der Waals surface area contributed by atoms with Crippen LogP contribution in [0.25, 0.3) is 0 Å². The van der Waals surface area contributed by atoms with Gasteiger partial charge in [-0.2, -0.15) is 0 Å². The summed E-state index contributed by atoms with van der Waals surface area (Å²) in [5, 5.41) is 0. The molecule has 0 fully saturated rings. The van der Waals surface area contributed by atoms with Crippen LogP contribution in [0.3, 0.4) is 0 Å². The third kappa shape index (κ3) is 3.49. The molecule has 2 aromatic rings. The first-order valence-electron chi connectivity index (χ1n) is 5.82. The SMILES string of the molecule is CCOc1cccc(C=O)c1OCc1ccc(Cl)s1. The Hall–Kier alpha value is -1.52. The highest BCUT2D eigenvalue weighted by Gasteiger charge is 2.11. The summed E-state index contributed by atoms with van der Waals surface area (Å²) in [6.07, 6.45) is 0.763. The molecule has 1 aromatic carbocycles. The predicted octanol–water partition coefficient (Wildman–Crippen LogP) is 4.19. The largest absolute Gasteiger partial charge is 0.490 e. The molecular weight excluding hydrogens is 284 g/mol. The first kappa shape index (κ1) is 13.9. The summed E-state index contributed by atoms with van der Waals surface area (Å²) in [5.41, 5.74) is 0.480. The zero-order valence-corrected chi connectivity index (χ0v) is 12.0. The van der Waals surface area contributed by atoms with Gasteiger partial charge in [-0.05, 0) is 31.2 Å². The second-order valence-electron chi connectivity index (χ2n) is 3.72. The molecule has 0 radical (unpaired) electrons. The molecule has 2 rings (SSSR count). The van der Waals surface area contributed by atoms with E-state index in [4.69, 9.17) is 21.1 Å². The van der Waals surface area contributed by atoms with Gasteiger partial charge in [-0.3, -0.25) is 4.79 Å². The average Bonchev–Trinajstić information content (AvgIpc) is 2.83. The Bertz CT molecular complexity index is 566. The van der Waals surface area contributed by atoms with Crippen molar-refractivity contribution in [3.8, 4) is 11.5 Å². The van der Waals surface area contributed by atoms with Gasteiger partial charge in [-0.1, -0.05) is 17.7 Å². The van der Waals surface area contributed by atoms with Crippen molar-refractivity contribution in [3.05, 3.63) is 45.1 Å². The molecule has 0 saturated carbocycles. The van der Waals surface area contributed by atoms with Crippen LogP contribution in [-0.4, -0.2) is 12.9 Å². The quantitative estimate of drug-likeness (QED) is 0.750. The summed E-state index contributed by atoms with van der Waals surface area (Å²) >= 11 is 7.31. The van der Waals surface area contributed by atoms with Crippen LogP contribution in [0.4, 0.5) is 0 Å². The number of para-hydroxylation sites is 1. The Morgan fingerprint density at radius 2 is 2.11 bits per heavy atom. The van der Waals surface area contributed by atoms with Gasteiger partial charge in [-0.25, -0.2) is 0 Å². The van der Waals surface area contributed by atoms with E-state index in [1.807, 2.05) is 19.1 Å². The maximum Gasteiger partial charge on any atom is 0.172 e. The fourth-order valence-electron chi connectivity index (χ4n) is 1.62. The molecule has 0 amide bonds. The number of hydrogen-bond acceptors (Lipinski definition) is 4. The first-order chi connectivity index (χ1) is 9.24. The van der Waals surface area contributed by atoms with E-state index in [9.17, 15) is 4.79 Å². The Morgan fingerprint density at radius 1 is 1.26 bits per heavy atom. The molecule has 0 aliphatic rings. The normalized spacial score (nSPS) is 10.2. The summed E-state index contributed by atoms with van der Waals surface area (Å²) in [6.45, 7) is 2.77. The molecule has 0 N–H and O–H groups in total. The summed E-state index contributed by atoms with van der Waals surface area (Å²) in [7, 11) is 0. The fraction of sp³-hybridized carbons (Fsp3) is 0.214. The highest BCUT2D eigenvalue weighted by molar-refractivity contribution is 7.16. The van der Waals surface area contributed by atoms with Crippen molar-refractivity contribution >= 4 is 29.2 Å². The lowest BCUT2D eigenvalue weighted by Gasteiger charge is -2.12. The molecule has 1 heterocycles. The molecule has 0 bridgehead atoms. The van der Waals surface area contributed by atoms with Gasteiger partial charge in [-0.15, -0.1) is 11.3 Å². The second-order valence-corrected chi connectivity index (χ2v) is 5.52. The minimum absolute atomic E-state index is 0.363. The van der Waals surface area contributed by atoms with E-state index in [0.717, 1.165) is 11.2 Å². The van der Waals surface area contributed by atoms with Gasteiger partial charge < -0.3 is 9.47 Å². The lowest BCUT2D eigenvalue weighted by molar-refractivity contribution is 0.111. The average molecular weight is 297 g/mol. The van der Waals surface area contributed by atoms with E-state index in [1.165, 1.54) is 11.3 Å². The third-order valence-electron chi connectivity index (χ3n) is 2.42. The molecule has 0 atom stereocenters. The number of rotatable bonds is 6. The Morgan fingerprint density at radius 3 is 2.74 bits per heavy atom. The number of hydrogen-bond donors (Lipinski definition) is 0. The van der Waals surface area contributed by atoms with Crippen LogP contribution in [-0.2, 0) is 6.61 Å². The van der Waals surface area contributed by atoms with E-state index in [-0.39, 0.29) is 0 Å². The van der Waals surface area contributed by atoms with Crippen LogP contribution in [0.15, 0.2) is 30.3 Å². The van der Waals surface area contributed by atoms with Crippen LogP contribution >= 0.6 is 22.9 Å². The van der Waals surface area contributed by atoms with E-state index >= 15 is 0 Å². The molecule has 19 heavy (non-hydrogen) atoms. The van der Waals surface area contributed by atoms with Crippen molar-refractivity contribution in [3.63, 3.8) is 0 Å². The van der Waals surface area contributed by atoms with E-state index < -0.39 is 0 Å². The molecule has 0 spiro atoms. The lowest BCUT2D eigenvalue weighted by Crippen LogP contribution is -2.01. The highest BCUT2D eigenvalue weighted by Crippen LogP contribution is 2.32. The van der Waals surface area contributed by atoms with Crippen molar-refractivity contribution in [2.24, 2.45) is 0 Å². The number of benzene rings is 1. The van der Waals surface area contributed by atoms with Crippen LogP contribution in [0.2, 0.25) is 4.34 Å². The van der Waals surface area contributed by atoms with Crippen LogP contribution in [0.1, 0.15) is 22.2 Å². The fourth-order valence-corrected chi connectivity index (χ4v) is 2.62. The summed E-state index contributed by atoms with van der Waals surface area (Å²) in [5.74, 6) is 1.05. The Balaban J connectivity index is 2.19. The van der Waals surface area contributed by atoms with Crippen molar-refractivity contribution in [1.29, 1.82) is 0 Å². The predicted molar refractivity (Wildman–Crippen MR) is 76.7 cm³/mol. The van der Waals surface area contributed by atoms with Gasteiger partial charge in [0.05, 0.1) is 16.5 Å². The minimum atomic E-state index is 0.363. The number of carbonyl (C=O) groups is 1. The van der Waals surface area contributed by atoms with Crippen LogP contribution in [0.5, 0.6) is 11.5 Å². The van der Waals surface area contributed by atoms with Gasteiger partial charge in [0.15, 0.2) is 17.8 Å². The molecule has 0 saturated heterocycles. The van der Waals surface area contributed by atoms with Gasteiger partial charge >= 0.3 is 0 Å². The molecule has 3 nitrogen and oxygen atoms in total. The Labute approximate surface area is 120 Å². The number of halogens is 1. The smallest absolute Gasteiger partial charge is 0.172 e. The van der Waals surface area contributed by atoms with Crippen molar-refractivity contribution in [1.82, 2.24) is 0 Å². The zero-order chi connectivity index (χ0) is 13.7. The highest BCUT2D eigenvalue weighted by atomic mass is 35.5. The first-order valence-corrected chi connectivity index (χ1v) is 7.02. The molecule has 1 aromatic heterocycles. The number of aldehydes is 1. The zero-order valence-electron chi connectivity index (χ0n) is 10.4. The summed E-state index contributed by atoms with van der Waals surface area (Å²) < 4.78 is 11.9. The molecular formula is C14H13ClO3S. The Kier molecular flexibility index (Phi) is 4.82. The topological polar surface area (TPSA) is 35.5 Å². The summed E-state index contributed by atoms with van der Waals surface area (Å²) in [4.78, 5) is 12.0. The van der Waals surface area contributed by atoms with Crippen LogP contribution < -0.4 is 9.47 Å². The minimum Gasteiger partial charge on any atom is -0.490 e. The maximum atomic E-state index is 11.0. The van der Waals surface area contributed by atoms with E-state index in [2.05, 4.69) is 0 Å². The van der Waals surface area contributed by atoms with Crippen molar-refractivity contribution in [2.45, 2.75) is 13.5 Å². The van der Waals surface area contributed by atoms with Crippen molar-refractivity contribution in [2.75, 3.05) is 6.61 Å². The van der Waals surface area contributed by atoms with Gasteiger partial charge in [0, 0.05) is 4.88 Å². The van der Waals surface area contributed by atoms with Crippen molar-refractivity contribution < 1.29 is 14.3 Å². The standard InChI is InChI=1S/C14H13ClO3S/c1-2-17-12-5-3-4-10(8-16)14(12)18-9-11-6-7-13(15)19-11/h3-8H,2,9H2,1H3. The third-order valence-corrected chi connectivity index (χ3v) is 3.63. The van der Waals surface area contributed by atoms with Gasteiger partial charge in [0.25, 0.3) is 0 Å². The van der Waals surface area contributed by atoms with E-state index in [0.29, 0.717) is 34.6 Å². The lowest BCUT2D eigenvalue weighted by atomic mass is 10.2. The monoisotopic (exact) mass is 296 g/mol. The molecule has 0 aliphatic carbocycles. The number of carbonyl (C=O) groups excluding carboxylic acids is 1. The summed E-state index contributed by atoms with van der Waals surface area (Å²) in [6, 6.07) is 8.97. The van der Waals surface area contributed by atoms with Gasteiger partial charge in [0.1, 0.15) is 6.61 Å². The second kappa shape index (κ2) is 6.59. The molecule has 0 unspecified atom stereocenters. The molecule has 100 valence electrons. The number of ether oxygens (including phenoxy) is 2. The molecule has 0 aliphatic heterocycles. The van der Waals surface area contributed by atoms with Gasteiger partial charge in [0.2, 0.25) is 0 Å².